The number of nitrogens with one attached hydrogen (secondary N) is 1. The predicted octanol–water partition coefficient (Wildman–Crippen LogP) is 3.43. The topological polar surface area (TPSA) is 131 Å². The van der Waals surface area contributed by atoms with Crippen molar-refractivity contribution < 1.29 is 33.3 Å². The number of dihydropyridines is 1. The average Bonchev–Trinajstić information content (AvgIpc) is 3.37. The molecule has 13 heteroatoms. The maximum Gasteiger partial charge on any atom is 0.360 e. The van der Waals surface area contributed by atoms with Gasteiger partial charge in [0.15, 0.2) is 5.69 Å². The van der Waals surface area contributed by atoms with Crippen LogP contribution in [0.5, 0.6) is 0 Å². The summed E-state index contributed by atoms with van der Waals surface area (Å²) < 4.78 is 22.5. The van der Waals surface area contributed by atoms with E-state index >= 15 is 0 Å². The number of hydrogen-bond acceptors (Lipinski definition) is 10. The van der Waals surface area contributed by atoms with Crippen LogP contribution in [-0.2, 0) is 35.1 Å². The van der Waals surface area contributed by atoms with Gasteiger partial charge in [0.2, 0.25) is 0 Å². The highest BCUT2D eigenvalue weighted by Gasteiger charge is 2.40. The van der Waals surface area contributed by atoms with E-state index in [2.05, 4.69) is 15.6 Å². The van der Waals surface area contributed by atoms with Gasteiger partial charge in [-0.15, -0.1) is 5.10 Å². The first-order valence-corrected chi connectivity index (χ1v) is 12.5. The van der Waals surface area contributed by atoms with Gasteiger partial charge in [0.25, 0.3) is 0 Å². The lowest BCUT2D eigenvalue weighted by Crippen LogP contribution is -2.35. The Kier molecular flexibility index (Phi) is 10.3. The Hall–Kier alpha value is -3.41. The summed E-state index contributed by atoms with van der Waals surface area (Å²) in [6, 6.07) is 4.97. The molecule has 0 aliphatic carbocycles. The summed E-state index contributed by atoms with van der Waals surface area (Å²) in [6.45, 7) is 5.81. The summed E-state index contributed by atoms with van der Waals surface area (Å²) in [5.74, 6) is -2.77. The van der Waals surface area contributed by atoms with Crippen LogP contribution in [0.2, 0.25) is 10.0 Å². The molecule has 1 aliphatic heterocycles. The molecule has 1 unspecified atom stereocenters. The van der Waals surface area contributed by atoms with Crippen LogP contribution >= 0.6 is 23.2 Å². The minimum Gasteiger partial charge on any atom is -0.466 e. The number of allylic oxidation sites excluding steroid dienone is 1. The highest BCUT2D eigenvalue weighted by Crippen LogP contribution is 2.43. The van der Waals surface area contributed by atoms with Crippen LogP contribution in [0.4, 0.5) is 0 Å². The second kappa shape index (κ2) is 13.4. The summed E-state index contributed by atoms with van der Waals surface area (Å²) in [5.41, 5.74) is 1.71. The predicted molar refractivity (Wildman–Crippen MR) is 138 cm³/mol. The number of hydrogen-bond donors (Lipinski definition) is 1. The molecule has 2 aromatic rings. The Bertz CT molecular complexity index is 1270. The third kappa shape index (κ3) is 6.53. The smallest absolute Gasteiger partial charge is 0.360 e. The van der Waals surface area contributed by atoms with Gasteiger partial charge < -0.3 is 24.3 Å². The van der Waals surface area contributed by atoms with Crippen LogP contribution < -0.4 is 5.32 Å². The zero-order valence-corrected chi connectivity index (χ0v) is 22.9. The van der Waals surface area contributed by atoms with E-state index in [1.807, 2.05) is 0 Å². The molecule has 1 aromatic carbocycles. The average molecular weight is 567 g/mol. The van der Waals surface area contributed by atoms with Gasteiger partial charge in [-0.05, 0) is 32.4 Å². The van der Waals surface area contributed by atoms with Crippen molar-refractivity contribution in [3.63, 3.8) is 0 Å². The van der Waals surface area contributed by atoms with Crippen molar-refractivity contribution >= 4 is 41.1 Å². The molecule has 2 heterocycles. The van der Waals surface area contributed by atoms with E-state index in [0.717, 1.165) is 0 Å². The van der Waals surface area contributed by atoms with Crippen molar-refractivity contribution in [3.05, 3.63) is 68.2 Å². The van der Waals surface area contributed by atoms with Gasteiger partial charge in [0.1, 0.15) is 0 Å². The Labute approximate surface area is 229 Å². The Morgan fingerprint density at radius 1 is 1.05 bits per heavy atom. The van der Waals surface area contributed by atoms with Gasteiger partial charge in [-0.2, -0.15) is 0 Å². The van der Waals surface area contributed by atoms with E-state index < -0.39 is 23.8 Å². The molecule has 3 rings (SSSR count). The molecule has 0 saturated heterocycles. The SMILES string of the molecule is CCOC(=O)C1=C(COCCn2cc(C(=O)OCC)nn2)NC(C)=C(C(=O)OC)C1c1cccc(Cl)c1Cl. The summed E-state index contributed by atoms with van der Waals surface area (Å²) in [4.78, 5) is 37.9. The van der Waals surface area contributed by atoms with Crippen LogP contribution in [0, 0.1) is 0 Å². The summed E-state index contributed by atoms with van der Waals surface area (Å²) in [6.07, 6.45) is 1.45. The second-order valence-electron chi connectivity index (χ2n) is 7.98. The van der Waals surface area contributed by atoms with Crippen molar-refractivity contribution in [2.45, 2.75) is 33.2 Å². The summed E-state index contributed by atoms with van der Waals surface area (Å²) in [5, 5.41) is 11.2. The van der Waals surface area contributed by atoms with E-state index in [0.29, 0.717) is 17.0 Å². The third-order valence-electron chi connectivity index (χ3n) is 5.57. The van der Waals surface area contributed by atoms with E-state index in [1.165, 1.54) is 18.0 Å². The zero-order chi connectivity index (χ0) is 27.8. The van der Waals surface area contributed by atoms with Gasteiger partial charge >= 0.3 is 17.9 Å². The van der Waals surface area contributed by atoms with E-state index in [1.54, 1.807) is 39.0 Å². The Morgan fingerprint density at radius 2 is 1.76 bits per heavy atom. The number of halogens is 2. The standard InChI is InChI=1S/C25H28Cl2N4O7/c1-5-37-23(32)17-12-31(30-29-17)10-11-36-13-18-21(25(34)38-6-2)20(15-8-7-9-16(26)22(15)27)19(14(3)28-18)24(33)35-4/h7-9,12,20,28H,5-6,10-11,13H2,1-4H3. The van der Waals surface area contributed by atoms with Gasteiger partial charge in [0.05, 0.1) is 79.1 Å². The molecular formula is C25H28Cl2N4O7. The van der Waals surface area contributed by atoms with Crippen molar-refractivity contribution in [1.82, 2.24) is 20.3 Å². The third-order valence-corrected chi connectivity index (χ3v) is 6.41. The lowest BCUT2D eigenvalue weighted by Gasteiger charge is -2.31. The zero-order valence-electron chi connectivity index (χ0n) is 21.4. The molecule has 0 saturated carbocycles. The molecule has 11 nitrogen and oxygen atoms in total. The fourth-order valence-electron chi connectivity index (χ4n) is 3.93. The second-order valence-corrected chi connectivity index (χ2v) is 8.77. The molecule has 1 atom stereocenters. The highest BCUT2D eigenvalue weighted by atomic mass is 35.5. The Balaban J connectivity index is 1.91. The molecule has 0 spiro atoms. The van der Waals surface area contributed by atoms with Gasteiger partial charge in [-0.1, -0.05) is 40.5 Å². The van der Waals surface area contributed by atoms with Crippen molar-refractivity contribution in [1.29, 1.82) is 0 Å². The van der Waals surface area contributed by atoms with E-state index in [4.69, 9.17) is 42.1 Å². The molecule has 1 N–H and O–H groups in total. The van der Waals surface area contributed by atoms with Crippen LogP contribution in [0.15, 0.2) is 46.9 Å². The lowest BCUT2D eigenvalue weighted by atomic mass is 9.80. The Morgan fingerprint density at radius 3 is 2.45 bits per heavy atom. The monoisotopic (exact) mass is 566 g/mol. The number of nitrogens with zero attached hydrogens (tertiary/aromatic N) is 3. The summed E-state index contributed by atoms with van der Waals surface area (Å²) in [7, 11) is 1.25. The molecular weight excluding hydrogens is 539 g/mol. The largest absolute Gasteiger partial charge is 0.466 e. The van der Waals surface area contributed by atoms with Crippen LogP contribution in [-0.4, -0.2) is 66.4 Å². The van der Waals surface area contributed by atoms with Crippen molar-refractivity contribution in [2.75, 3.05) is 33.5 Å². The lowest BCUT2D eigenvalue weighted by molar-refractivity contribution is -0.139. The molecule has 204 valence electrons. The first-order valence-electron chi connectivity index (χ1n) is 11.8. The number of methoxy groups -OCH3 is 1. The fraction of sp³-hybridized carbons (Fsp3) is 0.400. The molecule has 1 aromatic heterocycles. The van der Waals surface area contributed by atoms with Crippen molar-refractivity contribution in [2.24, 2.45) is 0 Å². The first-order chi connectivity index (χ1) is 18.2. The molecule has 0 radical (unpaired) electrons. The molecule has 0 fully saturated rings. The maximum atomic E-state index is 13.2. The number of rotatable bonds is 11. The molecule has 1 aliphatic rings. The van der Waals surface area contributed by atoms with Crippen LogP contribution in [0.3, 0.4) is 0 Å². The van der Waals surface area contributed by atoms with E-state index in [-0.39, 0.29) is 59.9 Å². The summed E-state index contributed by atoms with van der Waals surface area (Å²) >= 11 is 12.8. The number of carbonyl (C=O) groups excluding carboxylic acids is 3. The van der Waals surface area contributed by atoms with Crippen LogP contribution in [0.25, 0.3) is 0 Å². The van der Waals surface area contributed by atoms with Gasteiger partial charge in [0, 0.05) is 5.70 Å². The number of aromatic nitrogens is 3. The van der Waals surface area contributed by atoms with Gasteiger partial charge in [-0.25, -0.2) is 19.1 Å². The quantitative estimate of drug-likeness (QED) is 0.245. The first kappa shape index (κ1) is 29.2. The molecule has 0 amide bonds. The minimum absolute atomic E-state index is 0.0337. The van der Waals surface area contributed by atoms with Crippen LogP contribution in [0.1, 0.15) is 42.7 Å². The fourth-order valence-corrected chi connectivity index (χ4v) is 4.35. The number of esters is 3. The molecule has 0 bridgehead atoms. The highest BCUT2D eigenvalue weighted by molar-refractivity contribution is 6.42. The van der Waals surface area contributed by atoms with E-state index in [9.17, 15) is 14.4 Å². The van der Waals surface area contributed by atoms with Crippen molar-refractivity contribution in [3.8, 4) is 0 Å². The number of carbonyl (C=O) groups is 3. The maximum absolute atomic E-state index is 13.2. The normalized spacial score (nSPS) is 15.3. The van der Waals surface area contributed by atoms with Gasteiger partial charge in [-0.3, -0.25) is 0 Å². The minimum atomic E-state index is -0.921. The number of benzene rings is 1. The molecule has 38 heavy (non-hydrogen) atoms. The number of ether oxygens (including phenoxy) is 4.